The van der Waals surface area contributed by atoms with E-state index in [1.54, 1.807) is 12.3 Å². The lowest BCUT2D eigenvalue weighted by molar-refractivity contribution is 0.0738. The molecule has 4 nitrogen and oxygen atoms in total. The van der Waals surface area contributed by atoms with E-state index in [9.17, 15) is 9.90 Å². The maximum Gasteiger partial charge on any atom is 0.252 e. The van der Waals surface area contributed by atoms with Crippen LogP contribution in [0, 0.1) is 5.92 Å². The zero-order valence-corrected chi connectivity index (χ0v) is 12.4. The summed E-state index contributed by atoms with van der Waals surface area (Å²) in [5.41, 5.74) is 0.505. The van der Waals surface area contributed by atoms with Crippen molar-refractivity contribution in [2.75, 3.05) is 6.54 Å². The number of aliphatic hydroxyl groups excluding tert-OH is 1. The van der Waals surface area contributed by atoms with Gasteiger partial charge in [0, 0.05) is 23.4 Å². The zero-order valence-electron chi connectivity index (χ0n) is 10.8. The van der Waals surface area contributed by atoms with Gasteiger partial charge in [0.05, 0.1) is 11.7 Å². The minimum absolute atomic E-state index is 0.191. The molecule has 2 N–H and O–H groups in total. The molecule has 0 radical (unpaired) electrons. The Kier molecular flexibility index (Phi) is 5.34. The first-order valence-corrected chi connectivity index (χ1v) is 7.53. The number of nitrogens with one attached hydrogen (secondary N) is 1. The second kappa shape index (κ2) is 7.01. The molecular formula is C14H19BrN2O2. The first-order chi connectivity index (χ1) is 9.16. The quantitative estimate of drug-likeness (QED) is 0.893. The molecule has 1 fully saturated rings. The summed E-state index contributed by atoms with van der Waals surface area (Å²) in [5.74, 6) is 0.137. The smallest absolute Gasteiger partial charge is 0.252 e. The van der Waals surface area contributed by atoms with Crippen LogP contribution in [0.25, 0.3) is 0 Å². The van der Waals surface area contributed by atoms with Crippen LogP contribution in [-0.2, 0) is 0 Å². The Hall–Kier alpha value is -0.940. The van der Waals surface area contributed by atoms with Crippen LogP contribution in [0.2, 0.25) is 0 Å². The molecule has 1 aliphatic carbocycles. The standard InChI is InChI=1S/C14H19BrN2O2/c15-12-6-11(7-16-8-12)14(19)17-9-13(18)10-4-2-1-3-5-10/h6-8,10,13,18H,1-5,9H2,(H,17,19)/t13-/m1/s1. The lowest BCUT2D eigenvalue weighted by atomic mass is 9.85. The summed E-state index contributed by atoms with van der Waals surface area (Å²) in [6.45, 7) is 0.315. The number of halogens is 1. The molecule has 0 spiro atoms. The highest BCUT2D eigenvalue weighted by atomic mass is 79.9. The van der Waals surface area contributed by atoms with Crippen molar-refractivity contribution in [1.29, 1.82) is 0 Å². The van der Waals surface area contributed by atoms with Crippen LogP contribution in [0.1, 0.15) is 42.5 Å². The summed E-state index contributed by atoms with van der Waals surface area (Å²) in [6, 6.07) is 1.72. The van der Waals surface area contributed by atoms with E-state index in [2.05, 4.69) is 26.2 Å². The van der Waals surface area contributed by atoms with Gasteiger partial charge in [0.2, 0.25) is 0 Å². The van der Waals surface area contributed by atoms with E-state index in [4.69, 9.17) is 0 Å². The van der Waals surface area contributed by atoms with Crippen LogP contribution in [0.3, 0.4) is 0 Å². The number of hydrogen-bond donors (Lipinski definition) is 2. The van der Waals surface area contributed by atoms with Crippen LogP contribution < -0.4 is 5.32 Å². The van der Waals surface area contributed by atoms with Crippen molar-refractivity contribution in [3.05, 3.63) is 28.5 Å². The van der Waals surface area contributed by atoms with Crippen LogP contribution in [-0.4, -0.2) is 28.6 Å². The molecule has 0 aromatic carbocycles. The normalized spacial score (nSPS) is 18.0. The Bertz CT molecular complexity index is 433. The van der Waals surface area contributed by atoms with E-state index < -0.39 is 6.10 Å². The van der Waals surface area contributed by atoms with Gasteiger partial charge in [0.15, 0.2) is 0 Å². The number of aliphatic hydroxyl groups is 1. The fourth-order valence-electron chi connectivity index (χ4n) is 2.52. The van der Waals surface area contributed by atoms with E-state index in [1.165, 1.54) is 25.5 Å². The summed E-state index contributed by atoms with van der Waals surface area (Å²) in [7, 11) is 0. The highest BCUT2D eigenvalue weighted by molar-refractivity contribution is 9.10. The van der Waals surface area contributed by atoms with E-state index in [0.29, 0.717) is 18.0 Å². The number of hydrogen-bond acceptors (Lipinski definition) is 3. The summed E-state index contributed by atoms with van der Waals surface area (Å²) in [4.78, 5) is 15.9. The van der Waals surface area contributed by atoms with Gasteiger partial charge in [-0.05, 0) is 40.8 Å². The minimum atomic E-state index is -0.440. The molecule has 5 heteroatoms. The molecule has 0 unspecified atom stereocenters. The lowest BCUT2D eigenvalue weighted by Gasteiger charge is -2.26. The van der Waals surface area contributed by atoms with Gasteiger partial charge >= 0.3 is 0 Å². The van der Waals surface area contributed by atoms with Crippen molar-refractivity contribution in [3.63, 3.8) is 0 Å². The second-order valence-corrected chi connectivity index (χ2v) is 5.98. The highest BCUT2D eigenvalue weighted by Crippen LogP contribution is 2.26. The van der Waals surface area contributed by atoms with Gasteiger partial charge in [-0.25, -0.2) is 0 Å². The molecule has 1 aromatic rings. The van der Waals surface area contributed by atoms with Crippen LogP contribution in [0.15, 0.2) is 22.9 Å². The molecule has 1 amide bonds. The highest BCUT2D eigenvalue weighted by Gasteiger charge is 2.22. The first-order valence-electron chi connectivity index (χ1n) is 6.73. The topological polar surface area (TPSA) is 62.2 Å². The predicted octanol–water partition coefficient (Wildman–Crippen LogP) is 2.52. The van der Waals surface area contributed by atoms with Gasteiger partial charge in [-0.1, -0.05) is 19.3 Å². The lowest BCUT2D eigenvalue weighted by Crippen LogP contribution is -2.37. The summed E-state index contributed by atoms with van der Waals surface area (Å²) in [6.07, 6.45) is 8.48. The molecule has 1 aliphatic rings. The number of rotatable bonds is 4. The van der Waals surface area contributed by atoms with Crippen molar-refractivity contribution in [3.8, 4) is 0 Å². The molecule has 0 saturated heterocycles. The number of carbonyl (C=O) groups is 1. The Labute approximate surface area is 121 Å². The van der Waals surface area contributed by atoms with E-state index in [-0.39, 0.29) is 5.91 Å². The van der Waals surface area contributed by atoms with Crippen LogP contribution in [0.4, 0.5) is 0 Å². The van der Waals surface area contributed by atoms with Gasteiger partial charge in [-0.15, -0.1) is 0 Å². The third kappa shape index (κ3) is 4.28. The number of aromatic nitrogens is 1. The van der Waals surface area contributed by atoms with Crippen molar-refractivity contribution in [1.82, 2.24) is 10.3 Å². The third-order valence-corrected chi connectivity index (χ3v) is 4.07. The van der Waals surface area contributed by atoms with E-state index >= 15 is 0 Å². The Morgan fingerprint density at radius 3 is 2.84 bits per heavy atom. The molecule has 0 bridgehead atoms. The molecule has 19 heavy (non-hydrogen) atoms. The van der Waals surface area contributed by atoms with Gasteiger partial charge in [0.25, 0.3) is 5.91 Å². The van der Waals surface area contributed by atoms with E-state index in [1.807, 2.05) is 0 Å². The molecule has 1 saturated carbocycles. The van der Waals surface area contributed by atoms with Crippen LogP contribution >= 0.6 is 15.9 Å². The number of carbonyl (C=O) groups excluding carboxylic acids is 1. The molecule has 2 rings (SSSR count). The maximum atomic E-state index is 11.9. The van der Waals surface area contributed by atoms with Gasteiger partial charge in [0.1, 0.15) is 0 Å². The molecule has 0 aliphatic heterocycles. The largest absolute Gasteiger partial charge is 0.391 e. The van der Waals surface area contributed by atoms with Crippen molar-refractivity contribution < 1.29 is 9.90 Å². The fourth-order valence-corrected chi connectivity index (χ4v) is 2.89. The molecule has 1 atom stereocenters. The predicted molar refractivity (Wildman–Crippen MR) is 76.9 cm³/mol. The third-order valence-electron chi connectivity index (χ3n) is 3.63. The summed E-state index contributed by atoms with van der Waals surface area (Å²) >= 11 is 3.28. The SMILES string of the molecule is O=C(NC[C@@H](O)C1CCCCC1)c1cncc(Br)c1. The number of nitrogens with zero attached hydrogens (tertiary/aromatic N) is 1. The molecule has 104 valence electrons. The Morgan fingerprint density at radius 1 is 1.42 bits per heavy atom. The van der Waals surface area contributed by atoms with Crippen molar-refractivity contribution >= 4 is 21.8 Å². The van der Waals surface area contributed by atoms with Gasteiger partial charge < -0.3 is 10.4 Å². The monoisotopic (exact) mass is 326 g/mol. The number of pyridine rings is 1. The first kappa shape index (κ1) is 14.5. The minimum Gasteiger partial charge on any atom is -0.391 e. The molecule has 1 aromatic heterocycles. The molecule has 1 heterocycles. The zero-order chi connectivity index (χ0) is 13.7. The summed E-state index contributed by atoms with van der Waals surface area (Å²) < 4.78 is 0.771. The second-order valence-electron chi connectivity index (χ2n) is 5.07. The average molecular weight is 327 g/mol. The van der Waals surface area contributed by atoms with Crippen molar-refractivity contribution in [2.24, 2.45) is 5.92 Å². The molecular weight excluding hydrogens is 308 g/mol. The fraction of sp³-hybridized carbons (Fsp3) is 0.571. The van der Waals surface area contributed by atoms with Gasteiger partial charge in [-0.2, -0.15) is 0 Å². The Balaban J connectivity index is 1.82. The average Bonchev–Trinajstić information content (AvgIpc) is 2.45. The van der Waals surface area contributed by atoms with Gasteiger partial charge in [-0.3, -0.25) is 9.78 Å². The van der Waals surface area contributed by atoms with Crippen LogP contribution in [0.5, 0.6) is 0 Å². The summed E-state index contributed by atoms with van der Waals surface area (Å²) in [5, 5.41) is 12.9. The van der Waals surface area contributed by atoms with E-state index in [0.717, 1.165) is 17.3 Å². The Morgan fingerprint density at radius 2 is 2.16 bits per heavy atom. The number of amides is 1. The maximum absolute atomic E-state index is 11.9. The van der Waals surface area contributed by atoms with Crippen molar-refractivity contribution in [2.45, 2.75) is 38.2 Å².